The number of aldehydes is 1. The molecule has 0 spiro atoms. The van der Waals surface area contributed by atoms with Crippen LogP contribution in [0.5, 0.6) is 0 Å². The first-order chi connectivity index (χ1) is 7.29. The standard InChI is InChI=1S/C11H15N3O/c1-9-3-2-4-14(7-9)11-12-5-10(8-15)6-13-11/h5-6,8-9H,2-4,7H2,1H3. The van der Waals surface area contributed by atoms with E-state index < -0.39 is 0 Å². The van der Waals surface area contributed by atoms with Crippen LogP contribution in [0.2, 0.25) is 0 Å². The summed E-state index contributed by atoms with van der Waals surface area (Å²) >= 11 is 0. The monoisotopic (exact) mass is 205 g/mol. The van der Waals surface area contributed by atoms with Gasteiger partial charge >= 0.3 is 0 Å². The molecule has 0 aromatic carbocycles. The maximum atomic E-state index is 10.5. The molecule has 1 saturated heterocycles. The molecule has 0 N–H and O–H groups in total. The van der Waals surface area contributed by atoms with Gasteiger partial charge in [-0.05, 0) is 18.8 Å². The Hall–Kier alpha value is -1.45. The van der Waals surface area contributed by atoms with Crippen LogP contribution >= 0.6 is 0 Å². The Bertz CT molecular complexity index is 336. The molecule has 0 radical (unpaired) electrons. The molecule has 80 valence electrons. The van der Waals surface area contributed by atoms with Gasteiger partial charge in [0.25, 0.3) is 0 Å². The molecule has 0 bridgehead atoms. The highest BCUT2D eigenvalue weighted by Gasteiger charge is 2.18. The number of anilines is 1. The number of carbonyl (C=O) groups is 1. The summed E-state index contributed by atoms with van der Waals surface area (Å²) in [5, 5.41) is 0. The molecule has 1 aromatic heterocycles. The third-order valence-electron chi connectivity index (χ3n) is 2.73. The van der Waals surface area contributed by atoms with Crippen molar-refractivity contribution in [2.24, 2.45) is 5.92 Å². The number of hydrogen-bond donors (Lipinski definition) is 0. The average Bonchev–Trinajstić information content (AvgIpc) is 2.29. The van der Waals surface area contributed by atoms with E-state index in [2.05, 4.69) is 21.8 Å². The highest BCUT2D eigenvalue weighted by Crippen LogP contribution is 2.19. The van der Waals surface area contributed by atoms with Crippen LogP contribution in [0.4, 0.5) is 5.95 Å². The minimum Gasteiger partial charge on any atom is -0.341 e. The molecule has 15 heavy (non-hydrogen) atoms. The van der Waals surface area contributed by atoms with Crippen molar-refractivity contribution in [1.29, 1.82) is 0 Å². The summed E-state index contributed by atoms with van der Waals surface area (Å²) in [6.07, 6.45) is 6.40. The average molecular weight is 205 g/mol. The minimum atomic E-state index is 0.531. The number of hydrogen-bond acceptors (Lipinski definition) is 4. The first-order valence-electron chi connectivity index (χ1n) is 5.32. The highest BCUT2D eigenvalue weighted by atomic mass is 16.1. The Kier molecular flexibility index (Phi) is 2.94. The Labute approximate surface area is 89.3 Å². The van der Waals surface area contributed by atoms with E-state index in [0.717, 1.165) is 25.3 Å². The van der Waals surface area contributed by atoms with Gasteiger partial charge in [0.15, 0.2) is 6.29 Å². The van der Waals surface area contributed by atoms with Crippen molar-refractivity contribution in [2.75, 3.05) is 18.0 Å². The lowest BCUT2D eigenvalue weighted by atomic mass is 10.0. The quantitative estimate of drug-likeness (QED) is 0.687. The van der Waals surface area contributed by atoms with E-state index in [1.807, 2.05) is 0 Å². The van der Waals surface area contributed by atoms with Gasteiger partial charge < -0.3 is 4.90 Å². The molecule has 0 aliphatic carbocycles. The molecule has 1 aliphatic heterocycles. The molecule has 2 rings (SSSR count). The van der Waals surface area contributed by atoms with E-state index in [1.54, 1.807) is 12.4 Å². The van der Waals surface area contributed by atoms with Gasteiger partial charge in [0, 0.05) is 25.5 Å². The number of nitrogens with zero attached hydrogens (tertiary/aromatic N) is 3. The van der Waals surface area contributed by atoms with Crippen LogP contribution in [0.15, 0.2) is 12.4 Å². The fourth-order valence-electron chi connectivity index (χ4n) is 1.93. The van der Waals surface area contributed by atoms with Crippen LogP contribution in [-0.4, -0.2) is 29.3 Å². The van der Waals surface area contributed by atoms with E-state index in [4.69, 9.17) is 0 Å². The third-order valence-corrected chi connectivity index (χ3v) is 2.73. The minimum absolute atomic E-state index is 0.531. The van der Waals surface area contributed by atoms with Gasteiger partial charge in [-0.3, -0.25) is 4.79 Å². The van der Waals surface area contributed by atoms with E-state index >= 15 is 0 Å². The van der Waals surface area contributed by atoms with Crippen LogP contribution in [0, 0.1) is 5.92 Å². The van der Waals surface area contributed by atoms with Crippen LogP contribution in [0.3, 0.4) is 0 Å². The van der Waals surface area contributed by atoms with Crippen molar-refractivity contribution >= 4 is 12.2 Å². The smallest absolute Gasteiger partial charge is 0.225 e. The van der Waals surface area contributed by atoms with Crippen molar-refractivity contribution in [2.45, 2.75) is 19.8 Å². The van der Waals surface area contributed by atoms with Crippen LogP contribution in [0.25, 0.3) is 0 Å². The summed E-state index contributed by atoms with van der Waals surface area (Å²) < 4.78 is 0. The normalized spacial score (nSPS) is 21.4. The molecule has 4 heteroatoms. The largest absolute Gasteiger partial charge is 0.341 e. The summed E-state index contributed by atoms with van der Waals surface area (Å²) in [5.41, 5.74) is 0.531. The van der Waals surface area contributed by atoms with E-state index in [1.165, 1.54) is 12.8 Å². The van der Waals surface area contributed by atoms with Crippen LogP contribution < -0.4 is 4.90 Å². The molecule has 0 amide bonds. The number of piperidine rings is 1. The van der Waals surface area contributed by atoms with E-state index in [-0.39, 0.29) is 0 Å². The lowest BCUT2D eigenvalue weighted by molar-refractivity contribution is 0.112. The lowest BCUT2D eigenvalue weighted by Gasteiger charge is -2.30. The van der Waals surface area contributed by atoms with Crippen molar-refractivity contribution < 1.29 is 4.79 Å². The van der Waals surface area contributed by atoms with Gasteiger partial charge in [0.1, 0.15) is 0 Å². The maximum absolute atomic E-state index is 10.5. The second kappa shape index (κ2) is 4.38. The fraction of sp³-hybridized carbons (Fsp3) is 0.545. The zero-order valence-electron chi connectivity index (χ0n) is 8.89. The predicted octanol–water partition coefficient (Wildman–Crippen LogP) is 1.53. The van der Waals surface area contributed by atoms with Crippen LogP contribution in [-0.2, 0) is 0 Å². The molecule has 1 aromatic rings. The second-order valence-corrected chi connectivity index (χ2v) is 4.13. The molecular weight excluding hydrogens is 190 g/mol. The van der Waals surface area contributed by atoms with Crippen molar-refractivity contribution in [3.63, 3.8) is 0 Å². The number of carbonyl (C=O) groups excluding carboxylic acids is 1. The van der Waals surface area contributed by atoms with E-state index in [0.29, 0.717) is 11.5 Å². The van der Waals surface area contributed by atoms with Gasteiger partial charge in [-0.25, -0.2) is 9.97 Å². The molecule has 0 saturated carbocycles. The van der Waals surface area contributed by atoms with Crippen molar-refractivity contribution in [3.8, 4) is 0 Å². The highest BCUT2D eigenvalue weighted by molar-refractivity contribution is 5.73. The summed E-state index contributed by atoms with van der Waals surface area (Å²) in [7, 11) is 0. The summed E-state index contributed by atoms with van der Waals surface area (Å²) in [4.78, 5) is 21.0. The molecule has 1 unspecified atom stereocenters. The zero-order chi connectivity index (χ0) is 10.7. The topological polar surface area (TPSA) is 46.1 Å². The Morgan fingerprint density at radius 3 is 2.80 bits per heavy atom. The Morgan fingerprint density at radius 2 is 2.20 bits per heavy atom. The summed E-state index contributed by atoms with van der Waals surface area (Å²) in [5.74, 6) is 1.44. The molecule has 4 nitrogen and oxygen atoms in total. The van der Waals surface area contributed by atoms with Gasteiger partial charge in [-0.2, -0.15) is 0 Å². The van der Waals surface area contributed by atoms with E-state index in [9.17, 15) is 4.79 Å². The molecular formula is C11H15N3O. The van der Waals surface area contributed by atoms with Gasteiger partial charge in [0.05, 0.1) is 5.56 Å². The van der Waals surface area contributed by atoms with Crippen LogP contribution in [0.1, 0.15) is 30.1 Å². The fourth-order valence-corrected chi connectivity index (χ4v) is 1.93. The maximum Gasteiger partial charge on any atom is 0.225 e. The first-order valence-corrected chi connectivity index (χ1v) is 5.32. The van der Waals surface area contributed by atoms with Gasteiger partial charge in [-0.15, -0.1) is 0 Å². The molecule has 1 aliphatic rings. The number of rotatable bonds is 2. The number of aromatic nitrogens is 2. The molecule has 1 atom stereocenters. The predicted molar refractivity (Wildman–Crippen MR) is 58.0 cm³/mol. The summed E-state index contributed by atoms with van der Waals surface area (Å²) in [6.45, 7) is 4.27. The van der Waals surface area contributed by atoms with Crippen molar-refractivity contribution in [3.05, 3.63) is 18.0 Å². The molecule has 1 fully saturated rings. The first kappa shape index (κ1) is 10.1. The van der Waals surface area contributed by atoms with Gasteiger partial charge in [-0.1, -0.05) is 6.92 Å². The Morgan fingerprint density at radius 1 is 1.47 bits per heavy atom. The third kappa shape index (κ3) is 2.32. The van der Waals surface area contributed by atoms with Gasteiger partial charge in [0.2, 0.25) is 5.95 Å². The lowest BCUT2D eigenvalue weighted by Crippen LogP contribution is -2.35. The second-order valence-electron chi connectivity index (χ2n) is 4.13. The Balaban J connectivity index is 2.11. The summed E-state index contributed by atoms with van der Waals surface area (Å²) in [6, 6.07) is 0. The SMILES string of the molecule is CC1CCCN(c2ncc(C=O)cn2)C1. The molecule has 2 heterocycles. The van der Waals surface area contributed by atoms with Crippen molar-refractivity contribution in [1.82, 2.24) is 9.97 Å². The zero-order valence-corrected chi connectivity index (χ0v) is 8.89.